The Hall–Kier alpha value is -0.120. The summed E-state index contributed by atoms with van der Waals surface area (Å²) in [5.74, 6) is 0. The second-order valence-corrected chi connectivity index (χ2v) is 3.85. The summed E-state index contributed by atoms with van der Waals surface area (Å²) in [7, 11) is 0. The third-order valence-electron chi connectivity index (χ3n) is 2.28. The molecule has 1 aliphatic rings. The minimum absolute atomic E-state index is 0.241. The highest BCUT2D eigenvalue weighted by molar-refractivity contribution is 4.74. The Morgan fingerprint density at radius 1 is 1.54 bits per heavy atom. The predicted molar refractivity (Wildman–Crippen MR) is 52.9 cm³/mol. The smallest absolute Gasteiger partial charge is 0.0933 e. The zero-order valence-electron chi connectivity index (χ0n) is 8.88. The van der Waals surface area contributed by atoms with E-state index in [1.54, 1.807) is 0 Å². The van der Waals surface area contributed by atoms with Gasteiger partial charge in [-0.1, -0.05) is 6.92 Å². The molecule has 1 fully saturated rings. The molecule has 1 heterocycles. The average Bonchev–Trinajstić information content (AvgIpc) is 2.15. The Kier molecular flexibility index (Phi) is 4.70. The first-order chi connectivity index (χ1) is 6.22. The van der Waals surface area contributed by atoms with Gasteiger partial charge in [-0.2, -0.15) is 0 Å². The Morgan fingerprint density at radius 2 is 2.31 bits per heavy atom. The molecule has 0 spiro atoms. The van der Waals surface area contributed by atoms with Crippen molar-refractivity contribution in [1.29, 1.82) is 0 Å². The minimum Gasteiger partial charge on any atom is -0.376 e. The molecule has 78 valence electrons. The summed E-state index contributed by atoms with van der Waals surface area (Å²) in [4.78, 5) is 0. The summed E-state index contributed by atoms with van der Waals surface area (Å²) >= 11 is 0. The van der Waals surface area contributed by atoms with Crippen molar-refractivity contribution >= 4 is 0 Å². The normalized spacial score (nSPS) is 29.5. The van der Waals surface area contributed by atoms with E-state index in [0.29, 0.717) is 18.8 Å². The van der Waals surface area contributed by atoms with Crippen molar-refractivity contribution in [1.82, 2.24) is 5.32 Å². The summed E-state index contributed by atoms with van der Waals surface area (Å²) in [6, 6.07) is 0.537. The summed E-state index contributed by atoms with van der Waals surface area (Å²) in [6.45, 7) is 8.72. The maximum atomic E-state index is 5.64. The third-order valence-corrected chi connectivity index (χ3v) is 2.28. The topological polar surface area (TPSA) is 30.5 Å². The van der Waals surface area contributed by atoms with Crippen molar-refractivity contribution in [3.63, 3.8) is 0 Å². The van der Waals surface area contributed by atoms with Gasteiger partial charge in [0.2, 0.25) is 0 Å². The molecule has 13 heavy (non-hydrogen) atoms. The lowest BCUT2D eigenvalue weighted by atomic mass is 10.2. The Labute approximate surface area is 80.8 Å². The van der Waals surface area contributed by atoms with Gasteiger partial charge in [-0.3, -0.25) is 0 Å². The second kappa shape index (κ2) is 5.58. The fourth-order valence-corrected chi connectivity index (χ4v) is 1.34. The lowest BCUT2D eigenvalue weighted by Gasteiger charge is -2.30. The molecular weight excluding hydrogens is 166 g/mol. The molecule has 1 rings (SSSR count). The molecule has 0 aliphatic carbocycles. The van der Waals surface area contributed by atoms with Gasteiger partial charge < -0.3 is 14.8 Å². The van der Waals surface area contributed by atoms with Gasteiger partial charge in [0.1, 0.15) is 0 Å². The number of hydrogen-bond donors (Lipinski definition) is 1. The molecule has 2 unspecified atom stereocenters. The van der Waals surface area contributed by atoms with Crippen LogP contribution in [0.4, 0.5) is 0 Å². The van der Waals surface area contributed by atoms with Crippen LogP contribution in [0.15, 0.2) is 0 Å². The van der Waals surface area contributed by atoms with Gasteiger partial charge in [-0.25, -0.2) is 0 Å². The average molecular weight is 187 g/mol. The molecule has 3 nitrogen and oxygen atoms in total. The molecule has 0 radical (unpaired) electrons. The largest absolute Gasteiger partial charge is 0.376 e. The number of nitrogens with one attached hydrogen (secondary N) is 1. The summed E-state index contributed by atoms with van der Waals surface area (Å²) in [5, 5.41) is 3.44. The molecule has 0 aromatic carbocycles. The molecule has 0 aromatic rings. The Bertz CT molecular complexity index is 131. The van der Waals surface area contributed by atoms with Crippen molar-refractivity contribution in [2.45, 2.75) is 45.4 Å². The highest BCUT2D eigenvalue weighted by atomic mass is 16.5. The molecule has 1 aliphatic heterocycles. The number of rotatable bonds is 4. The zero-order chi connectivity index (χ0) is 9.68. The van der Waals surface area contributed by atoms with E-state index >= 15 is 0 Å². The van der Waals surface area contributed by atoms with Crippen LogP contribution in [0.1, 0.15) is 27.2 Å². The van der Waals surface area contributed by atoms with Crippen LogP contribution in [-0.4, -0.2) is 38.0 Å². The van der Waals surface area contributed by atoms with Crippen LogP contribution >= 0.6 is 0 Å². The molecule has 3 heteroatoms. The van der Waals surface area contributed by atoms with E-state index in [4.69, 9.17) is 9.47 Å². The van der Waals surface area contributed by atoms with E-state index < -0.39 is 0 Å². The number of morpholine rings is 1. The van der Waals surface area contributed by atoms with Gasteiger partial charge in [0.25, 0.3) is 0 Å². The standard InChI is InChI=1S/C10H21NO2/c1-4-9-6-13-10(5-11-9)7-12-8(2)3/h8-11H,4-7H2,1-3H3. The van der Waals surface area contributed by atoms with E-state index in [2.05, 4.69) is 12.2 Å². The summed E-state index contributed by atoms with van der Waals surface area (Å²) < 4.78 is 11.1. The van der Waals surface area contributed by atoms with Crippen molar-refractivity contribution in [2.75, 3.05) is 19.8 Å². The predicted octanol–water partition coefficient (Wildman–Crippen LogP) is 1.18. The molecule has 1 N–H and O–H groups in total. The minimum atomic E-state index is 0.241. The van der Waals surface area contributed by atoms with Crippen LogP contribution in [0.25, 0.3) is 0 Å². The van der Waals surface area contributed by atoms with E-state index in [1.807, 2.05) is 13.8 Å². The maximum Gasteiger partial charge on any atom is 0.0933 e. The quantitative estimate of drug-likeness (QED) is 0.717. The fraction of sp³-hybridized carbons (Fsp3) is 1.00. The third kappa shape index (κ3) is 4.07. The summed E-state index contributed by atoms with van der Waals surface area (Å²) in [5.41, 5.74) is 0. The highest BCUT2D eigenvalue weighted by Gasteiger charge is 2.19. The lowest BCUT2D eigenvalue weighted by Crippen LogP contribution is -2.47. The monoisotopic (exact) mass is 187 g/mol. The van der Waals surface area contributed by atoms with Crippen molar-refractivity contribution in [3.05, 3.63) is 0 Å². The van der Waals surface area contributed by atoms with Gasteiger partial charge in [0.15, 0.2) is 0 Å². The van der Waals surface area contributed by atoms with Crippen LogP contribution in [0.2, 0.25) is 0 Å². The van der Waals surface area contributed by atoms with Gasteiger partial charge in [0.05, 0.1) is 25.4 Å². The molecular formula is C10H21NO2. The van der Waals surface area contributed by atoms with Crippen molar-refractivity contribution in [2.24, 2.45) is 0 Å². The lowest BCUT2D eigenvalue weighted by molar-refractivity contribution is -0.0599. The van der Waals surface area contributed by atoms with E-state index in [9.17, 15) is 0 Å². The first-order valence-electron chi connectivity index (χ1n) is 5.19. The maximum absolute atomic E-state index is 5.64. The molecule has 2 atom stereocenters. The second-order valence-electron chi connectivity index (χ2n) is 3.85. The van der Waals surface area contributed by atoms with Crippen LogP contribution < -0.4 is 5.32 Å². The molecule has 0 amide bonds. The van der Waals surface area contributed by atoms with Crippen LogP contribution in [0.5, 0.6) is 0 Å². The van der Waals surface area contributed by atoms with Gasteiger partial charge >= 0.3 is 0 Å². The van der Waals surface area contributed by atoms with Crippen molar-refractivity contribution in [3.8, 4) is 0 Å². The van der Waals surface area contributed by atoms with Gasteiger partial charge in [-0.05, 0) is 20.3 Å². The Morgan fingerprint density at radius 3 is 2.77 bits per heavy atom. The highest BCUT2D eigenvalue weighted by Crippen LogP contribution is 2.05. The first-order valence-corrected chi connectivity index (χ1v) is 5.19. The van der Waals surface area contributed by atoms with Crippen LogP contribution in [0.3, 0.4) is 0 Å². The first kappa shape index (κ1) is 11.0. The zero-order valence-corrected chi connectivity index (χ0v) is 8.88. The number of ether oxygens (including phenoxy) is 2. The molecule has 0 saturated carbocycles. The Balaban J connectivity index is 2.10. The molecule has 1 saturated heterocycles. The molecule has 0 bridgehead atoms. The molecule has 0 aromatic heterocycles. The SMILES string of the molecule is CCC1COC(COC(C)C)CN1. The van der Waals surface area contributed by atoms with Crippen molar-refractivity contribution < 1.29 is 9.47 Å². The van der Waals surface area contributed by atoms with E-state index in [0.717, 1.165) is 19.6 Å². The van der Waals surface area contributed by atoms with Crippen LogP contribution in [0, 0.1) is 0 Å². The van der Waals surface area contributed by atoms with E-state index in [1.165, 1.54) is 0 Å². The van der Waals surface area contributed by atoms with Crippen LogP contribution in [-0.2, 0) is 9.47 Å². The fourth-order valence-electron chi connectivity index (χ4n) is 1.34. The van der Waals surface area contributed by atoms with Gasteiger partial charge in [-0.15, -0.1) is 0 Å². The van der Waals surface area contributed by atoms with E-state index in [-0.39, 0.29) is 6.10 Å². The summed E-state index contributed by atoms with van der Waals surface area (Å²) in [6.07, 6.45) is 1.68. The number of hydrogen-bond acceptors (Lipinski definition) is 3. The van der Waals surface area contributed by atoms with Gasteiger partial charge in [0, 0.05) is 12.6 Å².